The summed E-state index contributed by atoms with van der Waals surface area (Å²) in [5, 5.41) is 0. The first kappa shape index (κ1) is 24.6. The predicted octanol–water partition coefficient (Wildman–Crippen LogP) is 6.65. The third kappa shape index (κ3) is 15.3. The lowest BCUT2D eigenvalue weighted by Crippen LogP contribution is -1.95. The van der Waals surface area contributed by atoms with Crippen LogP contribution in [-0.2, 0) is 5.75 Å². The molecule has 0 bridgehead atoms. The molecule has 1 rings (SSSR count). The molecule has 1 aromatic heterocycles. The number of pyridine rings is 1. The van der Waals surface area contributed by atoms with E-state index in [9.17, 15) is 4.79 Å². The molecule has 134 valence electrons. The number of ketones is 1. The van der Waals surface area contributed by atoms with Gasteiger partial charge >= 0.3 is 0 Å². The molecule has 0 radical (unpaired) electrons. The van der Waals surface area contributed by atoms with Crippen LogP contribution in [0.5, 0.6) is 0 Å². The van der Waals surface area contributed by atoms with Crippen molar-refractivity contribution in [1.29, 1.82) is 0 Å². The Balaban J connectivity index is 0. The molecule has 0 saturated carbocycles. The van der Waals surface area contributed by atoms with E-state index >= 15 is 0 Å². The van der Waals surface area contributed by atoms with Crippen LogP contribution in [0, 0.1) is 0 Å². The van der Waals surface area contributed by atoms with Crippen molar-refractivity contribution in [2.75, 3.05) is 5.75 Å². The Hall–Kier alpha value is -1.61. The number of nitrogens with zero attached hydrogens (tertiary/aromatic N) is 1. The molecule has 0 aliphatic heterocycles. The number of hydrogen-bond acceptors (Lipinski definition) is 3. The summed E-state index contributed by atoms with van der Waals surface area (Å²) in [6.07, 6.45) is 12.8. The van der Waals surface area contributed by atoms with Crippen LogP contribution in [0.25, 0.3) is 0 Å². The van der Waals surface area contributed by atoms with Gasteiger partial charge in [-0.15, -0.1) is 0 Å². The van der Waals surface area contributed by atoms with Crippen LogP contribution in [0.3, 0.4) is 0 Å². The average molecular weight is 348 g/mol. The molecule has 0 N–H and O–H groups in total. The fraction of sp³-hybridized carbons (Fsp3) is 0.429. The normalized spacial score (nSPS) is 9.92. The molecular formula is C21H33NOS. The van der Waals surface area contributed by atoms with Crippen molar-refractivity contribution >= 4 is 17.5 Å². The van der Waals surface area contributed by atoms with Crippen molar-refractivity contribution in [3.63, 3.8) is 0 Å². The fourth-order valence-electron chi connectivity index (χ4n) is 1.36. The Kier molecular flexibility index (Phi) is 18.2. The van der Waals surface area contributed by atoms with Gasteiger partial charge in [0.2, 0.25) is 0 Å². The summed E-state index contributed by atoms with van der Waals surface area (Å²) in [6.45, 7) is 15.6. The highest BCUT2D eigenvalue weighted by Gasteiger charge is 2.00. The number of carbonyl (C=O) groups is 1. The minimum Gasteiger partial charge on any atom is -0.294 e. The number of carbonyl (C=O) groups excluding carboxylic acids is 1. The number of rotatable bonds is 7. The van der Waals surface area contributed by atoms with Crippen molar-refractivity contribution in [3.8, 4) is 0 Å². The monoisotopic (exact) mass is 347 g/mol. The van der Waals surface area contributed by atoms with Gasteiger partial charge in [0.15, 0.2) is 5.78 Å². The minimum absolute atomic E-state index is 0.0594. The van der Waals surface area contributed by atoms with E-state index in [1.54, 1.807) is 24.9 Å². The van der Waals surface area contributed by atoms with Gasteiger partial charge in [-0.3, -0.25) is 9.78 Å². The molecule has 3 heteroatoms. The number of thioether (sulfide) groups is 1. The number of hydrogen-bond donors (Lipinski definition) is 0. The summed E-state index contributed by atoms with van der Waals surface area (Å²) in [7, 11) is 0. The number of allylic oxidation sites excluding steroid dienone is 4. The Morgan fingerprint density at radius 3 is 2.38 bits per heavy atom. The molecule has 2 nitrogen and oxygen atoms in total. The summed E-state index contributed by atoms with van der Waals surface area (Å²) < 4.78 is 0. The Labute approximate surface area is 153 Å². The molecule has 0 aliphatic rings. The molecule has 0 spiro atoms. The van der Waals surface area contributed by atoms with Crippen LogP contribution in [0.2, 0.25) is 0 Å². The van der Waals surface area contributed by atoms with Crippen LogP contribution in [0.1, 0.15) is 63.9 Å². The van der Waals surface area contributed by atoms with Crippen molar-refractivity contribution in [1.82, 2.24) is 4.98 Å². The van der Waals surface area contributed by atoms with Gasteiger partial charge in [-0.05, 0) is 25.5 Å². The van der Waals surface area contributed by atoms with E-state index in [1.807, 2.05) is 51.3 Å². The highest BCUT2D eigenvalue weighted by molar-refractivity contribution is 7.98. The SMILES string of the molecule is C=C(C)/C=C\C=C/CSCc1cncc(C(C)=O)c1.CC.CCC. The van der Waals surface area contributed by atoms with Crippen LogP contribution >= 0.6 is 11.8 Å². The maximum absolute atomic E-state index is 11.2. The standard InChI is InChI=1S/C16H19NOS.C3H8.C2H6/c1-13(2)7-5-4-6-8-19-12-15-9-16(14(3)18)11-17-10-15;1-3-2;1-2/h4-7,9-11H,1,8,12H2,2-3H3;3H2,1-2H3;1-2H3/b6-4-,7-5-;;. The predicted molar refractivity (Wildman–Crippen MR) is 111 cm³/mol. The number of Topliss-reactive ketones (excluding diaryl/α,β-unsaturated/α-hetero) is 1. The van der Waals surface area contributed by atoms with Crippen LogP contribution in [0.4, 0.5) is 0 Å². The molecule has 0 unspecified atom stereocenters. The van der Waals surface area contributed by atoms with Gasteiger partial charge in [0.1, 0.15) is 0 Å². The molecule has 0 saturated heterocycles. The Bertz CT molecular complexity index is 518. The van der Waals surface area contributed by atoms with E-state index in [0.29, 0.717) is 5.56 Å². The molecule has 0 aromatic carbocycles. The highest BCUT2D eigenvalue weighted by atomic mass is 32.2. The van der Waals surface area contributed by atoms with Gasteiger partial charge in [0.25, 0.3) is 0 Å². The maximum atomic E-state index is 11.2. The van der Waals surface area contributed by atoms with E-state index in [2.05, 4.69) is 31.5 Å². The van der Waals surface area contributed by atoms with E-state index in [0.717, 1.165) is 22.6 Å². The zero-order valence-electron chi connectivity index (χ0n) is 16.1. The summed E-state index contributed by atoms with van der Waals surface area (Å²) in [4.78, 5) is 15.3. The van der Waals surface area contributed by atoms with E-state index in [1.165, 1.54) is 6.42 Å². The summed E-state index contributed by atoms with van der Waals surface area (Å²) in [5.41, 5.74) is 2.81. The van der Waals surface area contributed by atoms with Crippen LogP contribution in [0.15, 0.2) is 54.9 Å². The van der Waals surface area contributed by atoms with Gasteiger partial charge in [0.05, 0.1) is 0 Å². The molecule has 0 fully saturated rings. The molecule has 24 heavy (non-hydrogen) atoms. The summed E-state index contributed by atoms with van der Waals surface area (Å²) in [6, 6.07) is 1.91. The molecule has 1 heterocycles. The van der Waals surface area contributed by atoms with Crippen molar-refractivity contribution in [2.45, 2.75) is 53.7 Å². The second-order valence-corrected chi connectivity index (χ2v) is 6.02. The zero-order chi connectivity index (χ0) is 18.8. The lowest BCUT2D eigenvalue weighted by atomic mass is 10.2. The Morgan fingerprint density at radius 2 is 1.83 bits per heavy atom. The van der Waals surface area contributed by atoms with E-state index in [4.69, 9.17) is 0 Å². The average Bonchev–Trinajstić information content (AvgIpc) is 2.56. The van der Waals surface area contributed by atoms with Crippen LogP contribution in [-0.4, -0.2) is 16.5 Å². The lowest BCUT2D eigenvalue weighted by Gasteiger charge is -2.01. The van der Waals surface area contributed by atoms with Gasteiger partial charge in [-0.1, -0.05) is 70.6 Å². The third-order valence-corrected chi connectivity index (χ3v) is 3.28. The third-order valence-electron chi connectivity index (χ3n) is 2.31. The summed E-state index contributed by atoms with van der Waals surface area (Å²) >= 11 is 1.79. The lowest BCUT2D eigenvalue weighted by molar-refractivity contribution is 0.101. The summed E-state index contributed by atoms with van der Waals surface area (Å²) in [5.74, 6) is 1.86. The second-order valence-electron chi connectivity index (χ2n) is 4.99. The fourth-order valence-corrected chi connectivity index (χ4v) is 2.12. The number of aromatic nitrogens is 1. The van der Waals surface area contributed by atoms with Crippen molar-refractivity contribution in [3.05, 3.63) is 66.0 Å². The van der Waals surface area contributed by atoms with Gasteiger partial charge in [-0.25, -0.2) is 0 Å². The topological polar surface area (TPSA) is 30.0 Å². The largest absolute Gasteiger partial charge is 0.294 e. The molecule has 1 aromatic rings. The highest BCUT2D eigenvalue weighted by Crippen LogP contribution is 2.13. The van der Waals surface area contributed by atoms with E-state index in [-0.39, 0.29) is 5.78 Å². The van der Waals surface area contributed by atoms with Crippen molar-refractivity contribution < 1.29 is 4.79 Å². The van der Waals surface area contributed by atoms with Crippen LogP contribution < -0.4 is 0 Å². The van der Waals surface area contributed by atoms with E-state index < -0.39 is 0 Å². The maximum Gasteiger partial charge on any atom is 0.161 e. The minimum atomic E-state index is 0.0594. The molecular weight excluding hydrogens is 314 g/mol. The first-order chi connectivity index (χ1) is 11.5. The van der Waals surface area contributed by atoms with Gasteiger partial charge in [0, 0.05) is 29.5 Å². The molecule has 0 amide bonds. The smallest absolute Gasteiger partial charge is 0.161 e. The zero-order valence-corrected chi connectivity index (χ0v) is 17.0. The molecule has 0 atom stereocenters. The molecule has 0 aliphatic carbocycles. The Morgan fingerprint density at radius 1 is 1.21 bits per heavy atom. The van der Waals surface area contributed by atoms with Gasteiger partial charge < -0.3 is 0 Å². The first-order valence-electron chi connectivity index (χ1n) is 8.52. The quantitative estimate of drug-likeness (QED) is 0.314. The van der Waals surface area contributed by atoms with Crippen molar-refractivity contribution in [2.24, 2.45) is 0 Å². The van der Waals surface area contributed by atoms with Gasteiger partial charge in [-0.2, -0.15) is 11.8 Å². The first-order valence-corrected chi connectivity index (χ1v) is 9.68. The second kappa shape index (κ2) is 17.7.